The van der Waals surface area contributed by atoms with Crippen LogP contribution in [0.1, 0.15) is 24.1 Å². The minimum atomic E-state index is -0.536. The summed E-state index contributed by atoms with van der Waals surface area (Å²) in [5, 5.41) is 0.349. The number of methoxy groups -OCH3 is 1. The Hall–Kier alpha value is -2.38. The Morgan fingerprint density at radius 1 is 1.17 bits per heavy atom. The van der Waals surface area contributed by atoms with Gasteiger partial charge in [0.25, 0.3) is 0 Å². The fourth-order valence-corrected chi connectivity index (χ4v) is 5.12. The van der Waals surface area contributed by atoms with Crippen LogP contribution >= 0.6 is 27.7 Å². The van der Waals surface area contributed by atoms with Gasteiger partial charge in [0.05, 0.1) is 29.7 Å². The average Bonchev–Trinajstić information content (AvgIpc) is 3.03. The number of fused-ring (bicyclic) bond motifs is 1. The van der Waals surface area contributed by atoms with Gasteiger partial charge in [0.15, 0.2) is 5.17 Å². The zero-order valence-corrected chi connectivity index (χ0v) is 18.4. The van der Waals surface area contributed by atoms with Gasteiger partial charge in [0.1, 0.15) is 0 Å². The highest BCUT2D eigenvalue weighted by Gasteiger charge is 2.47. The van der Waals surface area contributed by atoms with Crippen molar-refractivity contribution in [2.45, 2.75) is 24.6 Å². The Kier molecular flexibility index (Phi) is 5.61. The molecule has 0 spiro atoms. The van der Waals surface area contributed by atoms with Crippen LogP contribution in [0.15, 0.2) is 75.3 Å². The molecule has 0 unspecified atom stereocenters. The van der Waals surface area contributed by atoms with Gasteiger partial charge in [-0.3, -0.25) is 9.69 Å². The van der Waals surface area contributed by atoms with Crippen molar-refractivity contribution in [1.82, 2.24) is 4.90 Å². The zero-order valence-electron chi connectivity index (χ0n) is 16.0. The second-order valence-electron chi connectivity index (χ2n) is 6.84. The normalized spacial score (nSPS) is 21.1. The van der Waals surface area contributed by atoms with Crippen molar-refractivity contribution in [2.24, 2.45) is 4.99 Å². The molecule has 2 aromatic carbocycles. The van der Waals surface area contributed by atoms with E-state index in [0.29, 0.717) is 22.9 Å². The van der Waals surface area contributed by atoms with E-state index < -0.39 is 12.0 Å². The van der Waals surface area contributed by atoms with Gasteiger partial charge in [-0.05, 0) is 36.6 Å². The van der Waals surface area contributed by atoms with Crippen LogP contribution in [-0.2, 0) is 20.7 Å². The van der Waals surface area contributed by atoms with Crippen molar-refractivity contribution in [3.05, 3.63) is 81.5 Å². The maximum atomic E-state index is 13.4. The molecule has 2 aliphatic rings. The predicted molar refractivity (Wildman–Crippen MR) is 117 cm³/mol. The molecule has 5 nitrogen and oxygen atoms in total. The Labute approximate surface area is 182 Å². The molecule has 0 radical (unpaired) electrons. The lowest BCUT2D eigenvalue weighted by molar-refractivity contribution is -0.137. The van der Waals surface area contributed by atoms with Crippen molar-refractivity contribution < 1.29 is 14.3 Å². The molecular weight excluding hydrogens is 452 g/mol. The van der Waals surface area contributed by atoms with Crippen LogP contribution in [0.25, 0.3) is 0 Å². The number of carbonyl (C=O) groups is 2. The molecule has 1 saturated heterocycles. The topological polar surface area (TPSA) is 59.0 Å². The molecule has 0 aromatic heterocycles. The van der Waals surface area contributed by atoms with Gasteiger partial charge >= 0.3 is 5.97 Å². The summed E-state index contributed by atoms with van der Waals surface area (Å²) in [6.45, 7) is 1.79. The Balaban J connectivity index is 1.71. The largest absolute Gasteiger partial charge is 0.466 e. The van der Waals surface area contributed by atoms with E-state index >= 15 is 0 Å². The van der Waals surface area contributed by atoms with Gasteiger partial charge in [-0.2, -0.15) is 0 Å². The number of nitrogens with zero attached hydrogens (tertiary/aromatic N) is 2. The van der Waals surface area contributed by atoms with Gasteiger partial charge in [0.2, 0.25) is 5.91 Å². The summed E-state index contributed by atoms with van der Waals surface area (Å²) in [6, 6.07) is 17.0. The fraction of sp³-hybridized carbons (Fsp3) is 0.227. The van der Waals surface area contributed by atoms with Crippen LogP contribution in [0.5, 0.6) is 0 Å². The van der Waals surface area contributed by atoms with E-state index in [1.54, 1.807) is 11.8 Å². The molecule has 7 heteroatoms. The van der Waals surface area contributed by atoms with E-state index in [2.05, 4.69) is 20.9 Å². The number of benzene rings is 2. The first-order valence-corrected chi connectivity index (χ1v) is 10.8. The smallest absolute Gasteiger partial charge is 0.338 e. The standard InChI is InChI=1S/C22H19BrN2O3S/c1-13-18(21(27)28-2)19(15-6-4-3-5-7-15)25-20(26)17(29-22(25)24-13)12-14-8-10-16(23)11-9-14/h3-11,17,19H,12H2,1-2H3/t17-,19+/m0/s1. The first-order chi connectivity index (χ1) is 14.0. The van der Waals surface area contributed by atoms with Crippen LogP contribution in [0.2, 0.25) is 0 Å². The van der Waals surface area contributed by atoms with Crippen LogP contribution in [0.3, 0.4) is 0 Å². The molecule has 148 valence electrons. The van der Waals surface area contributed by atoms with E-state index in [9.17, 15) is 9.59 Å². The molecule has 2 aromatic rings. The summed E-state index contributed by atoms with van der Waals surface area (Å²) in [4.78, 5) is 32.2. The molecular formula is C22H19BrN2O3S. The first kappa shape index (κ1) is 19.9. The van der Waals surface area contributed by atoms with E-state index in [-0.39, 0.29) is 11.2 Å². The first-order valence-electron chi connectivity index (χ1n) is 9.16. The molecule has 29 heavy (non-hydrogen) atoms. The molecule has 2 atom stereocenters. The van der Waals surface area contributed by atoms with Gasteiger partial charge in [-0.25, -0.2) is 9.79 Å². The number of hydrogen-bond acceptors (Lipinski definition) is 5. The van der Waals surface area contributed by atoms with E-state index in [4.69, 9.17) is 4.74 Å². The van der Waals surface area contributed by atoms with Crippen LogP contribution < -0.4 is 0 Å². The Morgan fingerprint density at radius 3 is 2.52 bits per heavy atom. The molecule has 0 N–H and O–H groups in total. The zero-order chi connectivity index (χ0) is 20.5. The molecule has 0 saturated carbocycles. The van der Waals surface area contributed by atoms with Crippen LogP contribution in [-0.4, -0.2) is 34.3 Å². The molecule has 1 fully saturated rings. The third-order valence-corrected chi connectivity index (χ3v) is 6.69. The summed E-state index contributed by atoms with van der Waals surface area (Å²) < 4.78 is 6.01. The summed E-state index contributed by atoms with van der Waals surface area (Å²) in [7, 11) is 1.35. The number of rotatable bonds is 4. The Morgan fingerprint density at radius 2 is 1.86 bits per heavy atom. The lowest BCUT2D eigenvalue weighted by Gasteiger charge is -2.32. The van der Waals surface area contributed by atoms with Gasteiger partial charge in [-0.15, -0.1) is 0 Å². The second kappa shape index (κ2) is 8.16. The molecule has 1 amide bonds. The average molecular weight is 471 g/mol. The highest BCUT2D eigenvalue weighted by Crippen LogP contribution is 2.44. The Bertz CT molecular complexity index is 1020. The SMILES string of the molecule is COC(=O)C1=C(C)N=C2S[C@@H](Cc3ccc(Br)cc3)C(=O)N2[C@@H]1c1ccccc1. The number of ether oxygens (including phenoxy) is 1. The lowest BCUT2D eigenvalue weighted by atomic mass is 9.94. The number of aliphatic imine (C=N–C) groups is 1. The quantitative estimate of drug-likeness (QED) is 0.617. The number of esters is 1. The number of allylic oxidation sites excluding steroid dienone is 1. The van der Waals surface area contributed by atoms with Crippen molar-refractivity contribution >= 4 is 44.7 Å². The lowest BCUT2D eigenvalue weighted by Crippen LogP contribution is -2.41. The van der Waals surface area contributed by atoms with Gasteiger partial charge in [-0.1, -0.05) is 70.2 Å². The minimum absolute atomic E-state index is 0.0422. The minimum Gasteiger partial charge on any atom is -0.466 e. The van der Waals surface area contributed by atoms with Crippen LogP contribution in [0.4, 0.5) is 0 Å². The van der Waals surface area contributed by atoms with E-state index in [1.165, 1.54) is 18.9 Å². The summed E-state index contributed by atoms with van der Waals surface area (Å²) in [5.41, 5.74) is 2.92. The van der Waals surface area contributed by atoms with Crippen molar-refractivity contribution in [2.75, 3.05) is 7.11 Å². The molecule has 2 heterocycles. The van der Waals surface area contributed by atoms with Crippen molar-refractivity contribution in [3.63, 3.8) is 0 Å². The third-order valence-electron chi connectivity index (χ3n) is 5.01. The number of hydrogen-bond donors (Lipinski definition) is 0. The number of carbonyl (C=O) groups excluding carboxylic acids is 2. The summed E-state index contributed by atoms with van der Waals surface area (Å²) in [5.74, 6) is -0.507. The molecule has 2 aliphatic heterocycles. The molecule has 4 rings (SSSR count). The summed E-state index contributed by atoms with van der Waals surface area (Å²) in [6.07, 6.45) is 0.598. The molecule has 0 aliphatic carbocycles. The third kappa shape index (κ3) is 3.76. The highest BCUT2D eigenvalue weighted by atomic mass is 79.9. The maximum Gasteiger partial charge on any atom is 0.338 e. The van der Waals surface area contributed by atoms with Gasteiger partial charge in [0, 0.05) is 4.47 Å². The van der Waals surface area contributed by atoms with E-state index in [1.807, 2.05) is 54.6 Å². The van der Waals surface area contributed by atoms with Crippen molar-refractivity contribution in [3.8, 4) is 0 Å². The number of amidine groups is 1. The molecule has 0 bridgehead atoms. The fourth-order valence-electron chi connectivity index (χ4n) is 3.62. The highest BCUT2D eigenvalue weighted by molar-refractivity contribution is 9.10. The van der Waals surface area contributed by atoms with Crippen molar-refractivity contribution in [1.29, 1.82) is 0 Å². The van der Waals surface area contributed by atoms with E-state index in [0.717, 1.165) is 15.6 Å². The summed E-state index contributed by atoms with van der Waals surface area (Å²) >= 11 is 4.89. The van der Waals surface area contributed by atoms with Gasteiger partial charge < -0.3 is 4.74 Å². The number of thioether (sulfide) groups is 1. The van der Waals surface area contributed by atoms with Crippen LogP contribution in [0, 0.1) is 0 Å². The number of halogens is 1. The second-order valence-corrected chi connectivity index (χ2v) is 8.93. The number of amides is 1. The predicted octanol–water partition coefficient (Wildman–Crippen LogP) is 4.49. The monoisotopic (exact) mass is 470 g/mol. The maximum absolute atomic E-state index is 13.4.